The van der Waals surface area contributed by atoms with Gasteiger partial charge in [0.15, 0.2) is 0 Å². The molecule has 60 valence electrons. The van der Waals surface area contributed by atoms with Crippen LogP contribution >= 0.6 is 7.82 Å². The van der Waals surface area contributed by atoms with E-state index in [1.807, 2.05) is 0 Å². The predicted octanol–water partition coefficient (Wildman–Crippen LogP) is -1.11. The van der Waals surface area contributed by atoms with Crippen LogP contribution in [0.1, 0.15) is 0 Å². The van der Waals surface area contributed by atoms with Gasteiger partial charge in [0.2, 0.25) is 0 Å². The maximum absolute atomic E-state index is 10.2. The van der Waals surface area contributed by atoms with Gasteiger partial charge in [0.05, 0.1) is 0 Å². The summed E-state index contributed by atoms with van der Waals surface area (Å²) in [4.78, 5) is 20.2. The van der Waals surface area contributed by atoms with Crippen LogP contribution in [0, 0.1) is 0 Å². The first-order valence-electron chi connectivity index (χ1n) is 2.65. The summed E-state index contributed by atoms with van der Waals surface area (Å²) in [5.74, 6) is 0. The molecular formula is C4H6N2O4P+. The Morgan fingerprint density at radius 3 is 2.73 bits per heavy atom. The minimum absolute atomic E-state index is 0.834. The molecule has 1 rings (SSSR count). The SMILES string of the molecule is O=P(O)(O)O[n+]1cccnc1. The van der Waals surface area contributed by atoms with Crippen molar-refractivity contribution in [2.45, 2.75) is 0 Å². The van der Waals surface area contributed by atoms with Gasteiger partial charge in [-0.15, -0.1) is 0 Å². The van der Waals surface area contributed by atoms with Crippen LogP contribution in [-0.4, -0.2) is 14.8 Å². The summed E-state index contributed by atoms with van der Waals surface area (Å²) in [5, 5.41) is 0. The number of aromatic nitrogens is 2. The number of hydrogen-bond acceptors (Lipinski definition) is 3. The maximum atomic E-state index is 10.2. The molecule has 2 N–H and O–H groups in total. The minimum atomic E-state index is -4.46. The Morgan fingerprint density at radius 1 is 1.55 bits per heavy atom. The Kier molecular flexibility index (Phi) is 2.19. The topological polar surface area (TPSA) is 83.5 Å². The average Bonchev–Trinajstić information content (AvgIpc) is 1.85. The van der Waals surface area contributed by atoms with E-state index < -0.39 is 7.82 Å². The first-order valence-corrected chi connectivity index (χ1v) is 4.18. The molecular weight excluding hydrogens is 171 g/mol. The quantitative estimate of drug-likeness (QED) is 0.442. The minimum Gasteiger partial charge on any atom is -0.291 e. The van der Waals surface area contributed by atoms with Crippen LogP contribution in [0.5, 0.6) is 0 Å². The van der Waals surface area contributed by atoms with Crippen molar-refractivity contribution in [3.05, 3.63) is 24.8 Å². The second-order valence-electron chi connectivity index (χ2n) is 1.69. The van der Waals surface area contributed by atoms with Crippen LogP contribution in [0.25, 0.3) is 0 Å². The highest BCUT2D eigenvalue weighted by molar-refractivity contribution is 7.46. The molecule has 0 aliphatic heterocycles. The van der Waals surface area contributed by atoms with Gasteiger partial charge in [0.1, 0.15) is 12.4 Å². The van der Waals surface area contributed by atoms with Crippen molar-refractivity contribution in [2.75, 3.05) is 0 Å². The van der Waals surface area contributed by atoms with Gasteiger partial charge in [0, 0.05) is 6.07 Å². The molecule has 0 radical (unpaired) electrons. The lowest BCUT2D eigenvalue weighted by atomic mass is 10.7. The molecule has 1 heterocycles. The molecule has 0 bridgehead atoms. The highest BCUT2D eigenvalue weighted by atomic mass is 31.2. The Labute approximate surface area is 62.3 Å². The molecule has 1 aromatic rings. The maximum Gasteiger partial charge on any atom is 0.561 e. The van der Waals surface area contributed by atoms with Crippen molar-refractivity contribution in [1.82, 2.24) is 4.98 Å². The van der Waals surface area contributed by atoms with Crippen molar-refractivity contribution in [1.29, 1.82) is 0 Å². The summed E-state index contributed by atoms with van der Waals surface area (Å²) < 4.78 is 15.2. The van der Waals surface area contributed by atoms with Crippen molar-refractivity contribution in [2.24, 2.45) is 0 Å². The standard InChI is InChI=1S/C4H5N2O4P/c7-11(8,9)10-6-3-1-2-5-4-6/h1-4H,(H-,7,8,9)/p+1. The lowest BCUT2D eigenvalue weighted by Gasteiger charge is -1.99. The van der Waals surface area contributed by atoms with Gasteiger partial charge >= 0.3 is 14.2 Å². The zero-order chi connectivity index (χ0) is 8.32. The molecule has 11 heavy (non-hydrogen) atoms. The van der Waals surface area contributed by atoms with Crippen molar-refractivity contribution in [3.63, 3.8) is 0 Å². The molecule has 7 heteroatoms. The Hall–Kier alpha value is -0.970. The molecule has 0 saturated heterocycles. The first kappa shape index (κ1) is 8.13. The normalized spacial score (nSPS) is 11.1. The van der Waals surface area contributed by atoms with Crippen molar-refractivity contribution < 1.29 is 23.7 Å². The zero-order valence-electron chi connectivity index (χ0n) is 5.36. The highest BCUT2D eigenvalue weighted by Gasteiger charge is 2.19. The lowest BCUT2D eigenvalue weighted by Crippen LogP contribution is -2.40. The largest absolute Gasteiger partial charge is 0.561 e. The van der Waals surface area contributed by atoms with E-state index in [-0.39, 0.29) is 0 Å². The van der Waals surface area contributed by atoms with Crippen LogP contribution in [0.3, 0.4) is 0 Å². The van der Waals surface area contributed by atoms with E-state index in [0.29, 0.717) is 0 Å². The van der Waals surface area contributed by atoms with E-state index >= 15 is 0 Å². The summed E-state index contributed by atoms with van der Waals surface area (Å²) in [6.07, 6.45) is 3.92. The fourth-order valence-corrected chi connectivity index (χ4v) is 0.829. The summed E-state index contributed by atoms with van der Waals surface area (Å²) in [7, 11) is -4.46. The van der Waals surface area contributed by atoms with Gasteiger partial charge in [0.25, 0.3) is 0 Å². The van der Waals surface area contributed by atoms with E-state index in [1.54, 1.807) is 0 Å². The smallest absolute Gasteiger partial charge is 0.291 e. The molecule has 0 spiro atoms. The van der Waals surface area contributed by atoms with E-state index in [1.165, 1.54) is 18.5 Å². The third-order valence-electron chi connectivity index (χ3n) is 0.786. The third-order valence-corrected chi connectivity index (χ3v) is 1.19. The molecule has 0 aromatic carbocycles. The van der Waals surface area contributed by atoms with E-state index in [2.05, 4.69) is 9.61 Å². The molecule has 0 aliphatic rings. The highest BCUT2D eigenvalue weighted by Crippen LogP contribution is 2.28. The molecule has 0 aliphatic carbocycles. The molecule has 1 aromatic heterocycles. The van der Waals surface area contributed by atoms with E-state index in [9.17, 15) is 4.57 Å². The van der Waals surface area contributed by atoms with Crippen LogP contribution in [0.2, 0.25) is 0 Å². The van der Waals surface area contributed by atoms with Crippen molar-refractivity contribution in [3.8, 4) is 0 Å². The third kappa shape index (κ3) is 3.08. The van der Waals surface area contributed by atoms with Gasteiger partial charge in [-0.1, -0.05) is 4.98 Å². The number of rotatable bonds is 2. The van der Waals surface area contributed by atoms with Crippen LogP contribution in [0.15, 0.2) is 24.8 Å². The lowest BCUT2D eigenvalue weighted by molar-refractivity contribution is -0.863. The van der Waals surface area contributed by atoms with Crippen LogP contribution in [-0.2, 0) is 4.57 Å². The molecule has 0 amide bonds. The zero-order valence-corrected chi connectivity index (χ0v) is 6.26. The Bertz CT molecular complexity index is 271. The van der Waals surface area contributed by atoms with Gasteiger partial charge in [-0.25, -0.2) is 9.19 Å². The van der Waals surface area contributed by atoms with Crippen molar-refractivity contribution >= 4 is 7.82 Å². The monoisotopic (exact) mass is 177 g/mol. The second kappa shape index (κ2) is 2.96. The van der Waals surface area contributed by atoms with Gasteiger partial charge < -0.3 is 0 Å². The van der Waals surface area contributed by atoms with Gasteiger partial charge in [-0.3, -0.25) is 9.79 Å². The summed E-state index contributed by atoms with van der Waals surface area (Å²) >= 11 is 0. The number of hydrogen-bond donors (Lipinski definition) is 2. The van der Waals surface area contributed by atoms with E-state index in [4.69, 9.17) is 9.79 Å². The fourth-order valence-electron chi connectivity index (χ4n) is 0.487. The molecule has 0 atom stereocenters. The summed E-state index contributed by atoms with van der Waals surface area (Å²) in [5.41, 5.74) is 0. The van der Waals surface area contributed by atoms with Crippen LogP contribution in [0.4, 0.5) is 0 Å². The number of phosphoric acid groups is 1. The Balaban J connectivity index is 2.74. The first-order chi connectivity index (χ1) is 5.08. The number of nitrogens with zero attached hydrogens (tertiary/aromatic N) is 2. The summed E-state index contributed by atoms with van der Waals surface area (Å²) in [6, 6.07) is 1.48. The molecule has 0 fully saturated rings. The average molecular weight is 177 g/mol. The fraction of sp³-hybridized carbons (Fsp3) is 0. The summed E-state index contributed by atoms with van der Waals surface area (Å²) in [6.45, 7) is 0. The van der Waals surface area contributed by atoms with E-state index in [0.717, 1.165) is 11.1 Å². The Morgan fingerprint density at radius 2 is 2.27 bits per heavy atom. The molecule has 0 unspecified atom stereocenters. The van der Waals surface area contributed by atoms with Gasteiger partial charge in [-0.2, -0.15) is 0 Å². The second-order valence-corrected chi connectivity index (χ2v) is 2.83. The molecule has 6 nitrogen and oxygen atoms in total. The predicted molar refractivity (Wildman–Crippen MR) is 33.1 cm³/mol. The molecule has 0 saturated carbocycles. The van der Waals surface area contributed by atoms with Gasteiger partial charge in [-0.05, 0) is 4.73 Å². The van der Waals surface area contributed by atoms with Crippen LogP contribution < -0.4 is 9.35 Å².